The average Bonchev–Trinajstić information content (AvgIpc) is 2.42. The van der Waals surface area contributed by atoms with Gasteiger partial charge in [0.2, 0.25) is 5.75 Å². The number of benzene rings is 2. The summed E-state index contributed by atoms with van der Waals surface area (Å²) in [5.41, 5.74) is 6.02. The summed E-state index contributed by atoms with van der Waals surface area (Å²) in [5.74, 6) is 0.365. The Labute approximate surface area is 125 Å². The largest absolute Gasteiger partial charge is 0.448 e. The second-order valence-corrected chi connectivity index (χ2v) is 4.75. The van der Waals surface area contributed by atoms with E-state index in [1.54, 1.807) is 18.2 Å². The van der Waals surface area contributed by atoms with Crippen molar-refractivity contribution in [3.05, 3.63) is 62.1 Å². The van der Waals surface area contributed by atoms with Crippen LogP contribution in [0.25, 0.3) is 0 Å². The first kappa shape index (κ1) is 14.6. The number of hydrogen-bond acceptors (Lipinski definition) is 4. The van der Waals surface area contributed by atoms with Crippen LogP contribution in [0, 0.1) is 10.1 Å². The summed E-state index contributed by atoms with van der Waals surface area (Å²) in [5, 5.41) is 11.6. The molecule has 0 heterocycles. The lowest BCUT2D eigenvalue weighted by Crippen LogP contribution is -2.01. The van der Waals surface area contributed by atoms with Crippen molar-refractivity contribution in [2.45, 2.75) is 6.54 Å². The average molecular weight is 313 g/mol. The number of para-hydroxylation sites is 1. The first-order valence-electron chi connectivity index (χ1n) is 5.62. The van der Waals surface area contributed by atoms with Crippen molar-refractivity contribution in [2.24, 2.45) is 5.73 Å². The van der Waals surface area contributed by atoms with Gasteiger partial charge in [0.15, 0.2) is 5.75 Å². The smallest absolute Gasteiger partial charge is 0.313 e. The fourth-order valence-electron chi connectivity index (χ4n) is 1.66. The lowest BCUT2D eigenvalue weighted by molar-refractivity contribution is -0.385. The fourth-order valence-corrected chi connectivity index (χ4v) is 2.06. The number of nitrogens with two attached hydrogens (primary N) is 1. The van der Waals surface area contributed by atoms with Gasteiger partial charge in [-0.1, -0.05) is 35.3 Å². The maximum Gasteiger partial charge on any atom is 0.313 e. The first-order chi connectivity index (χ1) is 9.52. The highest BCUT2D eigenvalue weighted by molar-refractivity contribution is 6.32. The second kappa shape index (κ2) is 6.09. The Morgan fingerprint density at radius 2 is 2.00 bits per heavy atom. The van der Waals surface area contributed by atoms with Crippen molar-refractivity contribution in [3.63, 3.8) is 0 Å². The molecule has 0 aromatic heterocycles. The number of hydrogen-bond donors (Lipinski definition) is 1. The maximum absolute atomic E-state index is 11.0. The van der Waals surface area contributed by atoms with E-state index in [1.807, 2.05) is 0 Å². The summed E-state index contributed by atoms with van der Waals surface area (Å²) in [6.07, 6.45) is 0. The standard InChI is InChI=1S/C13H10Cl2N2O3/c14-9-4-5-12(11(6-9)17(18)19)20-13-8(7-16)2-1-3-10(13)15/h1-6H,7,16H2. The zero-order valence-electron chi connectivity index (χ0n) is 10.2. The molecule has 2 N–H and O–H groups in total. The van der Waals surface area contributed by atoms with Crippen LogP contribution >= 0.6 is 23.2 Å². The predicted molar refractivity (Wildman–Crippen MR) is 77.5 cm³/mol. The highest BCUT2D eigenvalue weighted by atomic mass is 35.5. The van der Waals surface area contributed by atoms with Gasteiger partial charge in [0, 0.05) is 23.2 Å². The Kier molecular flexibility index (Phi) is 4.44. The van der Waals surface area contributed by atoms with Crippen molar-refractivity contribution in [3.8, 4) is 11.5 Å². The van der Waals surface area contributed by atoms with Crippen LogP contribution < -0.4 is 10.5 Å². The van der Waals surface area contributed by atoms with E-state index in [4.69, 9.17) is 33.7 Å². The van der Waals surface area contributed by atoms with Crippen LogP contribution in [0.3, 0.4) is 0 Å². The Balaban J connectivity index is 2.48. The Hall–Kier alpha value is -1.82. The number of nitro groups is 1. The van der Waals surface area contributed by atoms with E-state index in [-0.39, 0.29) is 23.0 Å². The molecule has 0 saturated carbocycles. The quantitative estimate of drug-likeness (QED) is 0.679. The molecule has 5 nitrogen and oxygen atoms in total. The second-order valence-electron chi connectivity index (χ2n) is 3.90. The van der Waals surface area contributed by atoms with Crippen molar-refractivity contribution < 1.29 is 9.66 Å². The van der Waals surface area contributed by atoms with Gasteiger partial charge in [-0.3, -0.25) is 10.1 Å². The molecule has 7 heteroatoms. The van der Waals surface area contributed by atoms with Crippen LogP contribution in [-0.2, 0) is 6.54 Å². The molecule has 2 aromatic carbocycles. The van der Waals surface area contributed by atoms with Crippen molar-refractivity contribution in [1.82, 2.24) is 0 Å². The number of nitrogens with zero attached hydrogens (tertiary/aromatic N) is 1. The molecule has 0 radical (unpaired) electrons. The third-order valence-corrected chi connectivity index (χ3v) is 3.13. The molecule has 0 bridgehead atoms. The third kappa shape index (κ3) is 3.01. The monoisotopic (exact) mass is 312 g/mol. The minimum atomic E-state index is -0.569. The molecule has 0 atom stereocenters. The number of ether oxygens (including phenoxy) is 1. The van der Waals surface area contributed by atoms with E-state index in [2.05, 4.69) is 0 Å². The molecule has 0 saturated heterocycles. The summed E-state index contributed by atoms with van der Waals surface area (Å²) in [6.45, 7) is 0.206. The summed E-state index contributed by atoms with van der Waals surface area (Å²) in [4.78, 5) is 10.4. The van der Waals surface area contributed by atoms with E-state index in [9.17, 15) is 10.1 Å². The lowest BCUT2D eigenvalue weighted by Gasteiger charge is -2.11. The lowest BCUT2D eigenvalue weighted by atomic mass is 10.2. The fraction of sp³-hybridized carbons (Fsp3) is 0.0769. The normalized spacial score (nSPS) is 10.3. The number of halogens is 2. The molecule has 2 rings (SSSR count). The van der Waals surface area contributed by atoms with Gasteiger partial charge in [-0.15, -0.1) is 0 Å². The van der Waals surface area contributed by atoms with Gasteiger partial charge in [0.1, 0.15) is 0 Å². The highest BCUT2D eigenvalue weighted by Gasteiger charge is 2.18. The molecule has 0 aliphatic carbocycles. The van der Waals surface area contributed by atoms with Crippen molar-refractivity contribution in [1.29, 1.82) is 0 Å². The van der Waals surface area contributed by atoms with E-state index in [1.165, 1.54) is 18.2 Å². The van der Waals surface area contributed by atoms with Crippen LogP contribution in [0.4, 0.5) is 5.69 Å². The van der Waals surface area contributed by atoms with E-state index < -0.39 is 4.92 Å². The number of rotatable bonds is 4. The van der Waals surface area contributed by atoms with Crippen molar-refractivity contribution in [2.75, 3.05) is 0 Å². The van der Waals surface area contributed by atoms with E-state index in [0.29, 0.717) is 16.3 Å². The third-order valence-electron chi connectivity index (χ3n) is 2.60. The molecule has 104 valence electrons. The van der Waals surface area contributed by atoms with Gasteiger partial charge in [0.05, 0.1) is 9.95 Å². The molecular weight excluding hydrogens is 303 g/mol. The first-order valence-corrected chi connectivity index (χ1v) is 6.37. The molecular formula is C13H10Cl2N2O3. The van der Waals surface area contributed by atoms with E-state index >= 15 is 0 Å². The minimum Gasteiger partial charge on any atom is -0.448 e. The molecule has 0 aliphatic heterocycles. The maximum atomic E-state index is 11.0. The van der Waals surface area contributed by atoms with Gasteiger partial charge >= 0.3 is 5.69 Å². The number of nitro benzene ring substituents is 1. The topological polar surface area (TPSA) is 78.4 Å². The minimum absolute atomic E-state index is 0.0576. The zero-order valence-corrected chi connectivity index (χ0v) is 11.7. The van der Waals surface area contributed by atoms with Gasteiger partial charge in [-0.2, -0.15) is 0 Å². The van der Waals surface area contributed by atoms with Crippen LogP contribution in [0.2, 0.25) is 10.0 Å². The van der Waals surface area contributed by atoms with Crippen LogP contribution in [0.1, 0.15) is 5.56 Å². The Morgan fingerprint density at radius 1 is 1.25 bits per heavy atom. The summed E-state index contributed by atoms with van der Waals surface area (Å²) >= 11 is 11.8. The van der Waals surface area contributed by atoms with Gasteiger partial charge in [-0.25, -0.2) is 0 Å². The Bertz CT molecular complexity index is 662. The molecule has 0 unspecified atom stereocenters. The van der Waals surface area contributed by atoms with Gasteiger partial charge in [0.25, 0.3) is 0 Å². The molecule has 2 aromatic rings. The van der Waals surface area contributed by atoms with E-state index in [0.717, 1.165) is 0 Å². The van der Waals surface area contributed by atoms with Crippen LogP contribution in [0.5, 0.6) is 11.5 Å². The summed E-state index contributed by atoms with van der Waals surface area (Å²) in [6, 6.07) is 9.23. The predicted octanol–water partition coefficient (Wildman–Crippen LogP) is 4.15. The van der Waals surface area contributed by atoms with Crippen LogP contribution in [-0.4, -0.2) is 4.92 Å². The zero-order chi connectivity index (χ0) is 14.7. The summed E-state index contributed by atoms with van der Waals surface area (Å²) < 4.78 is 5.57. The SMILES string of the molecule is NCc1cccc(Cl)c1Oc1ccc(Cl)cc1[N+](=O)[O-]. The van der Waals surface area contributed by atoms with Gasteiger partial charge < -0.3 is 10.5 Å². The van der Waals surface area contributed by atoms with Crippen LogP contribution in [0.15, 0.2) is 36.4 Å². The highest BCUT2D eigenvalue weighted by Crippen LogP contribution is 2.38. The molecule has 20 heavy (non-hydrogen) atoms. The molecule has 0 amide bonds. The molecule has 0 fully saturated rings. The van der Waals surface area contributed by atoms with Gasteiger partial charge in [-0.05, 0) is 18.2 Å². The summed E-state index contributed by atoms with van der Waals surface area (Å²) in [7, 11) is 0. The Morgan fingerprint density at radius 3 is 2.65 bits per heavy atom. The molecule has 0 aliphatic rings. The molecule has 0 spiro atoms. The van der Waals surface area contributed by atoms with Crippen molar-refractivity contribution >= 4 is 28.9 Å².